The van der Waals surface area contributed by atoms with Crippen molar-refractivity contribution in [2.24, 2.45) is 7.05 Å². The standard InChI is InChI=1S/C15H19F3N6O4/c1-9-12(24(27)28)10(2)23(21-9)8-11(25)19-5-4-14(26,15(16,17)18)13-20-6-7-22(13)3/h6-7,26H,4-5,8H2,1-3H3,(H,19,25). The van der Waals surface area contributed by atoms with Gasteiger partial charge in [0.15, 0.2) is 0 Å². The van der Waals surface area contributed by atoms with Crippen molar-refractivity contribution in [1.82, 2.24) is 24.6 Å². The predicted octanol–water partition coefficient (Wildman–Crippen LogP) is 1.10. The van der Waals surface area contributed by atoms with Crippen LogP contribution in [0.15, 0.2) is 12.4 Å². The lowest BCUT2D eigenvalue weighted by molar-refractivity contribution is -0.386. The van der Waals surface area contributed by atoms with Gasteiger partial charge in [0.2, 0.25) is 11.5 Å². The number of aromatic nitrogens is 4. The molecule has 0 aliphatic carbocycles. The highest BCUT2D eigenvalue weighted by Crippen LogP contribution is 2.40. The van der Waals surface area contributed by atoms with E-state index in [1.54, 1.807) is 0 Å². The molecular weight excluding hydrogens is 385 g/mol. The molecule has 0 fully saturated rings. The smallest absolute Gasteiger partial charge is 0.374 e. The van der Waals surface area contributed by atoms with Gasteiger partial charge in [-0.05, 0) is 13.8 Å². The van der Waals surface area contributed by atoms with Crippen LogP contribution in [0.2, 0.25) is 0 Å². The van der Waals surface area contributed by atoms with Gasteiger partial charge < -0.3 is 15.0 Å². The minimum Gasteiger partial charge on any atom is -0.374 e. The molecule has 1 unspecified atom stereocenters. The average molecular weight is 404 g/mol. The molecule has 0 bridgehead atoms. The number of imidazole rings is 1. The van der Waals surface area contributed by atoms with Gasteiger partial charge in [0.1, 0.15) is 23.8 Å². The van der Waals surface area contributed by atoms with E-state index in [4.69, 9.17) is 0 Å². The lowest BCUT2D eigenvalue weighted by atomic mass is 9.97. The summed E-state index contributed by atoms with van der Waals surface area (Å²) in [6.45, 7) is 1.92. The molecule has 0 aliphatic rings. The lowest BCUT2D eigenvalue weighted by Crippen LogP contribution is -2.47. The van der Waals surface area contributed by atoms with Crippen molar-refractivity contribution in [2.45, 2.75) is 38.6 Å². The highest BCUT2D eigenvalue weighted by Gasteiger charge is 2.57. The number of carbonyl (C=O) groups is 1. The second-order valence-corrected chi connectivity index (χ2v) is 6.25. The van der Waals surface area contributed by atoms with Crippen molar-refractivity contribution in [1.29, 1.82) is 0 Å². The molecule has 10 nitrogen and oxygen atoms in total. The van der Waals surface area contributed by atoms with Crippen molar-refractivity contribution in [3.63, 3.8) is 0 Å². The van der Waals surface area contributed by atoms with Crippen molar-refractivity contribution >= 4 is 11.6 Å². The Bertz CT molecular complexity index is 891. The van der Waals surface area contributed by atoms with Gasteiger partial charge in [0.25, 0.3) is 0 Å². The molecule has 2 rings (SSSR count). The van der Waals surface area contributed by atoms with Crippen LogP contribution in [-0.4, -0.2) is 48.0 Å². The predicted molar refractivity (Wildman–Crippen MR) is 89.1 cm³/mol. The Hall–Kier alpha value is -2.96. The fourth-order valence-electron chi connectivity index (χ4n) is 2.82. The van der Waals surface area contributed by atoms with Gasteiger partial charge in [-0.3, -0.25) is 19.6 Å². The molecule has 2 N–H and O–H groups in total. The Morgan fingerprint density at radius 2 is 2.04 bits per heavy atom. The number of alkyl halides is 3. The van der Waals surface area contributed by atoms with Gasteiger partial charge >= 0.3 is 11.9 Å². The van der Waals surface area contributed by atoms with Gasteiger partial charge in [-0.25, -0.2) is 4.98 Å². The quantitative estimate of drug-likeness (QED) is 0.525. The molecule has 1 amide bonds. The van der Waals surface area contributed by atoms with Crippen LogP contribution in [-0.2, 0) is 24.0 Å². The molecule has 0 saturated heterocycles. The van der Waals surface area contributed by atoms with Gasteiger partial charge in [0, 0.05) is 32.4 Å². The van der Waals surface area contributed by atoms with E-state index in [0.29, 0.717) is 0 Å². The van der Waals surface area contributed by atoms with E-state index in [0.717, 1.165) is 15.4 Å². The summed E-state index contributed by atoms with van der Waals surface area (Å²) >= 11 is 0. The molecular formula is C15H19F3N6O4. The number of hydrogen-bond acceptors (Lipinski definition) is 6. The second kappa shape index (κ2) is 7.58. The second-order valence-electron chi connectivity index (χ2n) is 6.25. The van der Waals surface area contributed by atoms with E-state index in [1.807, 2.05) is 0 Å². The van der Waals surface area contributed by atoms with Gasteiger partial charge in [0.05, 0.1) is 4.92 Å². The molecule has 0 spiro atoms. The Morgan fingerprint density at radius 3 is 2.50 bits per heavy atom. The Balaban J connectivity index is 2.06. The summed E-state index contributed by atoms with van der Waals surface area (Å²) in [5.74, 6) is -1.30. The zero-order valence-corrected chi connectivity index (χ0v) is 15.3. The molecule has 28 heavy (non-hydrogen) atoms. The minimum absolute atomic E-state index is 0.122. The van der Waals surface area contributed by atoms with E-state index >= 15 is 0 Å². The molecule has 154 valence electrons. The molecule has 2 heterocycles. The molecule has 0 saturated carbocycles. The SMILES string of the molecule is Cc1nn(CC(=O)NCCC(O)(c2nccn2C)C(F)(F)F)c(C)c1[N+](=O)[O-]. The van der Waals surface area contributed by atoms with Crippen LogP contribution < -0.4 is 5.32 Å². The number of rotatable bonds is 7. The Labute approximate surface area is 157 Å². The van der Waals surface area contributed by atoms with Crippen LogP contribution in [0.25, 0.3) is 0 Å². The minimum atomic E-state index is -5.01. The first-order valence-corrected chi connectivity index (χ1v) is 8.10. The van der Waals surface area contributed by atoms with Gasteiger partial charge in [-0.2, -0.15) is 18.3 Å². The van der Waals surface area contributed by atoms with Crippen LogP contribution in [0.5, 0.6) is 0 Å². The van der Waals surface area contributed by atoms with Crippen LogP contribution in [0.4, 0.5) is 18.9 Å². The van der Waals surface area contributed by atoms with E-state index < -0.39 is 47.9 Å². The maximum Gasteiger partial charge on any atom is 0.424 e. The summed E-state index contributed by atoms with van der Waals surface area (Å²) < 4.78 is 42.3. The molecule has 0 aromatic carbocycles. The first kappa shape index (κ1) is 21.3. The molecule has 13 heteroatoms. The van der Waals surface area contributed by atoms with Gasteiger partial charge in [-0.15, -0.1) is 0 Å². The van der Waals surface area contributed by atoms with Crippen molar-refractivity contribution < 1.29 is 28.0 Å². The van der Waals surface area contributed by atoms with Crippen molar-refractivity contribution in [2.75, 3.05) is 6.54 Å². The highest BCUT2D eigenvalue weighted by molar-refractivity contribution is 5.75. The Kier molecular flexibility index (Phi) is 5.77. The first-order valence-electron chi connectivity index (χ1n) is 8.10. The number of aliphatic hydroxyl groups is 1. The number of nitrogens with zero attached hydrogens (tertiary/aromatic N) is 5. The fraction of sp³-hybridized carbons (Fsp3) is 0.533. The fourth-order valence-corrected chi connectivity index (χ4v) is 2.82. The highest BCUT2D eigenvalue weighted by atomic mass is 19.4. The number of carbonyl (C=O) groups excluding carboxylic acids is 1. The largest absolute Gasteiger partial charge is 0.424 e. The van der Waals surface area contributed by atoms with Gasteiger partial charge in [-0.1, -0.05) is 0 Å². The molecule has 2 aromatic heterocycles. The monoisotopic (exact) mass is 404 g/mol. The summed E-state index contributed by atoms with van der Waals surface area (Å²) in [6, 6.07) is 0. The number of nitrogens with one attached hydrogen (secondary N) is 1. The third-order valence-corrected chi connectivity index (χ3v) is 4.29. The number of aryl methyl sites for hydroxylation is 2. The zero-order valence-electron chi connectivity index (χ0n) is 15.3. The average Bonchev–Trinajstić information content (AvgIpc) is 3.09. The summed E-state index contributed by atoms with van der Waals surface area (Å²) in [5.41, 5.74) is -3.20. The van der Waals surface area contributed by atoms with Crippen LogP contribution >= 0.6 is 0 Å². The lowest BCUT2D eigenvalue weighted by Gasteiger charge is -2.29. The number of hydrogen-bond donors (Lipinski definition) is 2. The van der Waals surface area contributed by atoms with Crippen LogP contribution in [0.3, 0.4) is 0 Å². The molecule has 0 radical (unpaired) electrons. The topological polar surface area (TPSA) is 128 Å². The van der Waals surface area contributed by atoms with E-state index in [2.05, 4.69) is 15.4 Å². The summed E-state index contributed by atoms with van der Waals surface area (Å²) in [6.07, 6.45) is -3.47. The summed E-state index contributed by atoms with van der Waals surface area (Å²) in [7, 11) is 1.31. The molecule has 0 aliphatic heterocycles. The summed E-state index contributed by atoms with van der Waals surface area (Å²) in [4.78, 5) is 25.9. The number of halogens is 3. The third-order valence-electron chi connectivity index (χ3n) is 4.29. The maximum absolute atomic E-state index is 13.4. The van der Waals surface area contributed by atoms with Crippen LogP contribution in [0, 0.1) is 24.0 Å². The van der Waals surface area contributed by atoms with Crippen LogP contribution in [0.1, 0.15) is 23.6 Å². The number of nitro groups is 1. The summed E-state index contributed by atoms with van der Waals surface area (Å²) in [5, 5.41) is 27.3. The third kappa shape index (κ3) is 3.98. The van der Waals surface area contributed by atoms with Crippen molar-refractivity contribution in [3.8, 4) is 0 Å². The molecule has 2 aromatic rings. The number of amides is 1. The van der Waals surface area contributed by atoms with Crippen molar-refractivity contribution in [3.05, 3.63) is 39.7 Å². The zero-order chi connectivity index (χ0) is 21.3. The first-order chi connectivity index (χ1) is 12.9. The normalized spacial score (nSPS) is 14.0. The van der Waals surface area contributed by atoms with E-state index in [9.17, 15) is 33.2 Å². The molecule has 1 atom stereocenters. The van der Waals surface area contributed by atoms with E-state index in [1.165, 1.54) is 27.1 Å². The maximum atomic E-state index is 13.4. The van der Waals surface area contributed by atoms with E-state index in [-0.39, 0.29) is 17.1 Å². The Morgan fingerprint density at radius 1 is 1.39 bits per heavy atom.